The number of piperazine rings is 1. The van der Waals surface area contributed by atoms with Gasteiger partial charge < -0.3 is 29.3 Å². The molecular weight excluding hydrogens is 633 g/mol. The Labute approximate surface area is 284 Å². The average molecular weight is 669 g/mol. The van der Waals surface area contributed by atoms with Crippen LogP contribution in [0.3, 0.4) is 0 Å². The number of carbonyl (C=O) groups excluding carboxylic acids is 1. The third-order valence-corrected chi connectivity index (χ3v) is 9.32. The Morgan fingerprint density at radius 1 is 0.830 bits per heavy atom. The summed E-state index contributed by atoms with van der Waals surface area (Å²) in [5.41, 5.74) is 4.47. The second kappa shape index (κ2) is 13.5. The quantitative estimate of drug-likeness (QED) is 0.179. The molecule has 2 fully saturated rings. The first kappa shape index (κ1) is 31.3. The standard InChI is InChI=1S/C38H35Cl2N3O4/c1-38(35-17-8-29(39)23-36(35)40)46-25-34(47-38)24-45-33-15-13-32(14-16-33)43-20-18-42(19-21-43)31-11-9-30(10-12-31)41-37(44)28-7-6-26-4-2-3-5-27(26)22-28/h2-17,22-23,34H,18-21,24-25H2,1H3,(H,41,44)/t34-,38-/m1/s1. The van der Waals surface area contributed by atoms with Crippen LogP contribution in [0.5, 0.6) is 5.75 Å². The first-order valence-corrected chi connectivity index (χ1v) is 16.5. The molecule has 2 heterocycles. The van der Waals surface area contributed by atoms with E-state index in [1.807, 2.05) is 79.7 Å². The van der Waals surface area contributed by atoms with Crippen LogP contribution in [0.4, 0.5) is 17.1 Å². The van der Waals surface area contributed by atoms with Crippen molar-refractivity contribution in [1.82, 2.24) is 0 Å². The number of ether oxygens (including phenoxy) is 3. The smallest absolute Gasteiger partial charge is 0.255 e. The van der Waals surface area contributed by atoms with Crippen LogP contribution in [0.1, 0.15) is 22.8 Å². The largest absolute Gasteiger partial charge is 0.491 e. The lowest BCUT2D eigenvalue weighted by molar-refractivity contribution is -0.164. The Hall–Kier alpha value is -4.27. The van der Waals surface area contributed by atoms with Crippen molar-refractivity contribution in [1.29, 1.82) is 0 Å². The van der Waals surface area contributed by atoms with Crippen molar-refractivity contribution in [3.8, 4) is 5.75 Å². The monoisotopic (exact) mass is 667 g/mol. The van der Waals surface area contributed by atoms with Crippen LogP contribution in [-0.4, -0.2) is 51.4 Å². The first-order valence-electron chi connectivity index (χ1n) is 15.7. The van der Waals surface area contributed by atoms with Gasteiger partial charge in [0.05, 0.1) is 11.6 Å². The molecule has 5 aromatic rings. The van der Waals surface area contributed by atoms with Crippen LogP contribution < -0.4 is 19.9 Å². The summed E-state index contributed by atoms with van der Waals surface area (Å²) in [5, 5.41) is 6.27. The van der Waals surface area contributed by atoms with Crippen molar-refractivity contribution in [2.75, 3.05) is 54.5 Å². The first-order chi connectivity index (χ1) is 22.8. The Morgan fingerprint density at radius 3 is 2.17 bits per heavy atom. The van der Waals surface area contributed by atoms with Gasteiger partial charge in [-0.05, 0) is 90.5 Å². The number of fused-ring (bicyclic) bond motifs is 1. The fourth-order valence-corrected chi connectivity index (χ4v) is 6.75. The maximum absolute atomic E-state index is 12.9. The highest BCUT2D eigenvalue weighted by molar-refractivity contribution is 6.35. The van der Waals surface area contributed by atoms with Gasteiger partial charge in [0.2, 0.25) is 0 Å². The minimum Gasteiger partial charge on any atom is -0.491 e. The second-order valence-corrected chi connectivity index (χ2v) is 12.8. The van der Waals surface area contributed by atoms with Crippen LogP contribution in [-0.2, 0) is 15.3 Å². The van der Waals surface area contributed by atoms with Gasteiger partial charge in [0, 0.05) is 59.4 Å². The summed E-state index contributed by atoms with van der Waals surface area (Å²) in [5.74, 6) is -0.281. The second-order valence-electron chi connectivity index (χ2n) is 12.0. The van der Waals surface area contributed by atoms with Crippen molar-refractivity contribution in [2.45, 2.75) is 18.8 Å². The lowest BCUT2D eigenvalue weighted by Gasteiger charge is -2.37. The number of anilines is 3. The number of rotatable bonds is 8. The minimum absolute atomic E-state index is 0.114. The zero-order chi connectivity index (χ0) is 32.4. The third kappa shape index (κ3) is 7.04. The Bertz CT molecular complexity index is 1880. The molecule has 47 heavy (non-hydrogen) atoms. The summed E-state index contributed by atoms with van der Waals surface area (Å²) in [6.45, 7) is 6.23. The molecule has 0 aromatic heterocycles. The molecule has 9 heteroatoms. The number of nitrogens with one attached hydrogen (secondary N) is 1. The molecular formula is C38H35Cl2N3O4. The molecule has 2 aliphatic heterocycles. The van der Waals surface area contributed by atoms with Gasteiger partial charge in [-0.1, -0.05) is 59.6 Å². The number of benzene rings is 5. The molecule has 1 N–H and O–H groups in total. The summed E-state index contributed by atoms with van der Waals surface area (Å²) in [4.78, 5) is 17.6. The molecule has 7 rings (SSSR count). The lowest BCUT2D eigenvalue weighted by atomic mass is 10.1. The summed E-state index contributed by atoms with van der Waals surface area (Å²) < 4.78 is 18.2. The highest BCUT2D eigenvalue weighted by Crippen LogP contribution is 2.39. The zero-order valence-electron chi connectivity index (χ0n) is 26.0. The highest BCUT2D eigenvalue weighted by Gasteiger charge is 2.40. The topological polar surface area (TPSA) is 63.3 Å². The molecule has 0 unspecified atom stereocenters. The highest BCUT2D eigenvalue weighted by atomic mass is 35.5. The Morgan fingerprint density at radius 2 is 1.49 bits per heavy atom. The SMILES string of the molecule is C[C@@]1(c2ccc(Cl)cc2Cl)OC[C@@H](COc2ccc(N3CCN(c4ccc(NC(=O)c5ccc6ccccc6c5)cc4)CC3)cc2)O1. The fraction of sp³-hybridized carbons (Fsp3) is 0.237. The molecule has 7 nitrogen and oxygen atoms in total. The number of nitrogens with zero attached hydrogens (tertiary/aromatic N) is 2. The van der Waals surface area contributed by atoms with E-state index in [-0.39, 0.29) is 12.0 Å². The van der Waals surface area contributed by atoms with E-state index in [1.54, 1.807) is 12.1 Å². The summed E-state index contributed by atoms with van der Waals surface area (Å²) in [7, 11) is 0. The molecule has 0 saturated carbocycles. The van der Waals surface area contributed by atoms with Crippen LogP contribution in [0.15, 0.2) is 109 Å². The van der Waals surface area contributed by atoms with E-state index in [0.717, 1.165) is 65.3 Å². The fourth-order valence-electron chi connectivity index (χ4n) is 6.17. The number of carbonyl (C=O) groups is 1. The zero-order valence-corrected chi connectivity index (χ0v) is 27.5. The number of hydrogen-bond acceptors (Lipinski definition) is 6. The molecule has 2 aliphatic rings. The van der Waals surface area contributed by atoms with Crippen LogP contribution in [0, 0.1) is 0 Å². The number of amides is 1. The third-order valence-electron chi connectivity index (χ3n) is 8.78. The van der Waals surface area contributed by atoms with Gasteiger partial charge in [-0.2, -0.15) is 0 Å². The lowest BCUT2D eigenvalue weighted by Crippen LogP contribution is -2.46. The van der Waals surface area contributed by atoms with Crippen molar-refractivity contribution in [2.24, 2.45) is 0 Å². The maximum atomic E-state index is 12.9. The van der Waals surface area contributed by atoms with Crippen molar-refractivity contribution < 1.29 is 19.0 Å². The molecule has 0 spiro atoms. The van der Waals surface area contributed by atoms with Crippen molar-refractivity contribution in [3.63, 3.8) is 0 Å². The predicted molar refractivity (Wildman–Crippen MR) is 189 cm³/mol. The van der Waals surface area contributed by atoms with E-state index in [2.05, 4.69) is 39.4 Å². The number of hydrogen-bond donors (Lipinski definition) is 1. The maximum Gasteiger partial charge on any atom is 0.255 e. The van der Waals surface area contributed by atoms with Crippen LogP contribution in [0.2, 0.25) is 10.0 Å². The van der Waals surface area contributed by atoms with Gasteiger partial charge in [0.15, 0.2) is 5.79 Å². The van der Waals surface area contributed by atoms with Gasteiger partial charge in [-0.3, -0.25) is 4.79 Å². The van der Waals surface area contributed by atoms with E-state index in [1.165, 1.54) is 0 Å². The normalized spacial score (nSPS) is 19.6. The van der Waals surface area contributed by atoms with E-state index in [0.29, 0.717) is 28.8 Å². The minimum atomic E-state index is -0.946. The summed E-state index contributed by atoms with van der Waals surface area (Å²) in [6.07, 6.45) is -0.227. The molecule has 5 aromatic carbocycles. The Kier molecular flexibility index (Phi) is 8.97. The Balaban J connectivity index is 0.877. The molecule has 240 valence electrons. The van der Waals surface area contributed by atoms with Crippen LogP contribution >= 0.6 is 23.2 Å². The molecule has 0 radical (unpaired) electrons. The van der Waals surface area contributed by atoms with Crippen molar-refractivity contribution >= 4 is 56.9 Å². The van der Waals surface area contributed by atoms with E-state index in [9.17, 15) is 4.79 Å². The van der Waals surface area contributed by atoms with Gasteiger partial charge in [-0.15, -0.1) is 0 Å². The molecule has 0 aliphatic carbocycles. The van der Waals surface area contributed by atoms with Gasteiger partial charge in [-0.25, -0.2) is 0 Å². The molecule has 1 amide bonds. The van der Waals surface area contributed by atoms with E-state index in [4.69, 9.17) is 37.4 Å². The van der Waals surface area contributed by atoms with Crippen molar-refractivity contribution in [3.05, 3.63) is 130 Å². The molecule has 0 bridgehead atoms. The molecule has 2 saturated heterocycles. The van der Waals surface area contributed by atoms with E-state index < -0.39 is 5.79 Å². The van der Waals surface area contributed by atoms with Gasteiger partial charge >= 0.3 is 0 Å². The summed E-state index contributed by atoms with van der Waals surface area (Å²) in [6, 6.07) is 35.4. The van der Waals surface area contributed by atoms with E-state index >= 15 is 0 Å². The van der Waals surface area contributed by atoms with Gasteiger partial charge in [0.1, 0.15) is 18.5 Å². The average Bonchev–Trinajstić information content (AvgIpc) is 3.49. The molecule has 2 atom stereocenters. The van der Waals surface area contributed by atoms with Gasteiger partial charge in [0.25, 0.3) is 5.91 Å². The van der Waals surface area contributed by atoms with Crippen LogP contribution in [0.25, 0.3) is 10.8 Å². The number of halogens is 2. The predicted octanol–water partition coefficient (Wildman–Crippen LogP) is 8.39. The summed E-state index contributed by atoms with van der Waals surface area (Å²) >= 11 is 12.4.